The number of aryl methyl sites for hydroxylation is 2. The summed E-state index contributed by atoms with van der Waals surface area (Å²) in [5, 5.41) is 2.89. The largest absolute Gasteiger partial charge is 0.454 e. The van der Waals surface area contributed by atoms with Gasteiger partial charge in [0.2, 0.25) is 18.6 Å². The maximum absolute atomic E-state index is 12.3. The van der Waals surface area contributed by atoms with Crippen molar-refractivity contribution in [3.63, 3.8) is 0 Å². The number of rotatable bonds is 4. The lowest BCUT2D eigenvalue weighted by atomic mass is 10.2. The zero-order valence-corrected chi connectivity index (χ0v) is 15.5. The lowest BCUT2D eigenvalue weighted by molar-refractivity contribution is -0.111. The van der Waals surface area contributed by atoms with E-state index in [0.29, 0.717) is 11.4 Å². The van der Waals surface area contributed by atoms with Crippen LogP contribution in [0.4, 0.5) is 11.6 Å². The van der Waals surface area contributed by atoms with Crippen LogP contribution in [0.3, 0.4) is 0 Å². The third-order valence-corrected chi connectivity index (χ3v) is 4.72. The Balaban J connectivity index is 1.46. The SMILES string of the molecule is Cc1nc(N2CCCC2)nc(C)c1NC(=O)/C=C/c1ccc2c(c1)OCO2. The highest BCUT2D eigenvalue weighted by Crippen LogP contribution is 2.32. The molecule has 0 aliphatic carbocycles. The molecule has 27 heavy (non-hydrogen) atoms. The zero-order chi connectivity index (χ0) is 18.8. The van der Waals surface area contributed by atoms with Gasteiger partial charge in [-0.05, 0) is 50.5 Å². The minimum Gasteiger partial charge on any atom is -0.454 e. The zero-order valence-electron chi connectivity index (χ0n) is 15.5. The molecule has 1 fully saturated rings. The van der Waals surface area contributed by atoms with Crippen molar-refractivity contribution in [2.24, 2.45) is 0 Å². The number of hydrogen-bond acceptors (Lipinski definition) is 6. The number of ether oxygens (including phenoxy) is 2. The molecule has 2 aliphatic heterocycles. The average molecular weight is 366 g/mol. The molecule has 1 aromatic heterocycles. The Kier molecular flexibility index (Phi) is 4.66. The average Bonchev–Trinajstić information content (AvgIpc) is 3.34. The van der Waals surface area contributed by atoms with Crippen LogP contribution in [0.25, 0.3) is 6.08 Å². The first-order valence-corrected chi connectivity index (χ1v) is 9.09. The lowest BCUT2D eigenvalue weighted by Gasteiger charge is -2.18. The fourth-order valence-corrected chi connectivity index (χ4v) is 3.29. The summed E-state index contributed by atoms with van der Waals surface area (Å²) in [6, 6.07) is 5.55. The molecule has 1 aromatic carbocycles. The summed E-state index contributed by atoms with van der Waals surface area (Å²) < 4.78 is 10.6. The Bertz CT molecular complexity index is 881. The first kappa shape index (κ1) is 17.3. The summed E-state index contributed by atoms with van der Waals surface area (Å²) in [5.41, 5.74) is 3.07. The van der Waals surface area contributed by atoms with Crippen molar-refractivity contribution in [2.75, 3.05) is 30.1 Å². The molecule has 0 radical (unpaired) electrons. The molecule has 3 heterocycles. The van der Waals surface area contributed by atoms with Crippen LogP contribution in [0.1, 0.15) is 29.8 Å². The number of fused-ring (bicyclic) bond motifs is 1. The topological polar surface area (TPSA) is 76.6 Å². The number of carbonyl (C=O) groups is 1. The summed E-state index contributed by atoms with van der Waals surface area (Å²) in [5.74, 6) is 1.93. The van der Waals surface area contributed by atoms with Gasteiger partial charge in [0.1, 0.15) is 0 Å². The van der Waals surface area contributed by atoms with Gasteiger partial charge in [-0.15, -0.1) is 0 Å². The van der Waals surface area contributed by atoms with Crippen molar-refractivity contribution in [2.45, 2.75) is 26.7 Å². The molecule has 1 saturated heterocycles. The number of nitrogens with one attached hydrogen (secondary N) is 1. The van der Waals surface area contributed by atoms with Gasteiger partial charge in [-0.25, -0.2) is 9.97 Å². The van der Waals surface area contributed by atoms with Gasteiger partial charge in [0.25, 0.3) is 0 Å². The number of nitrogens with zero attached hydrogens (tertiary/aromatic N) is 3. The predicted octanol–water partition coefficient (Wildman–Crippen LogP) is 3.07. The Morgan fingerprint density at radius 3 is 2.56 bits per heavy atom. The van der Waals surface area contributed by atoms with Gasteiger partial charge in [-0.3, -0.25) is 4.79 Å². The van der Waals surface area contributed by atoms with E-state index in [1.165, 1.54) is 18.9 Å². The van der Waals surface area contributed by atoms with Gasteiger partial charge in [-0.1, -0.05) is 6.07 Å². The summed E-state index contributed by atoms with van der Waals surface area (Å²) in [7, 11) is 0. The Morgan fingerprint density at radius 1 is 1.11 bits per heavy atom. The lowest BCUT2D eigenvalue weighted by Crippen LogP contribution is -2.22. The molecule has 1 amide bonds. The normalized spacial score (nSPS) is 15.6. The molecule has 2 aromatic rings. The highest BCUT2D eigenvalue weighted by atomic mass is 16.7. The summed E-state index contributed by atoms with van der Waals surface area (Å²) in [6.07, 6.45) is 5.57. The van der Waals surface area contributed by atoms with Crippen LogP contribution in [0.2, 0.25) is 0 Å². The van der Waals surface area contributed by atoms with Crippen molar-refractivity contribution in [1.82, 2.24) is 9.97 Å². The van der Waals surface area contributed by atoms with E-state index in [1.807, 2.05) is 32.0 Å². The van der Waals surface area contributed by atoms with Gasteiger partial charge in [-0.2, -0.15) is 0 Å². The summed E-state index contributed by atoms with van der Waals surface area (Å²) >= 11 is 0. The van der Waals surface area contributed by atoms with Gasteiger partial charge >= 0.3 is 0 Å². The molecule has 140 valence electrons. The van der Waals surface area contributed by atoms with Crippen LogP contribution in [0.5, 0.6) is 11.5 Å². The first-order valence-electron chi connectivity index (χ1n) is 9.09. The predicted molar refractivity (Wildman–Crippen MR) is 103 cm³/mol. The molecule has 7 heteroatoms. The molecule has 0 saturated carbocycles. The number of anilines is 2. The fourth-order valence-electron chi connectivity index (χ4n) is 3.29. The van der Waals surface area contributed by atoms with Gasteiger partial charge in [0.15, 0.2) is 11.5 Å². The number of amides is 1. The maximum Gasteiger partial charge on any atom is 0.248 e. The Labute approximate surface area is 158 Å². The molecule has 1 N–H and O–H groups in total. The second-order valence-corrected chi connectivity index (χ2v) is 6.70. The molecule has 0 spiro atoms. The van der Waals surface area contributed by atoms with Crippen molar-refractivity contribution in [3.8, 4) is 11.5 Å². The molecule has 0 bridgehead atoms. The van der Waals surface area contributed by atoms with E-state index in [0.717, 1.165) is 41.7 Å². The quantitative estimate of drug-likeness (QED) is 0.838. The second-order valence-electron chi connectivity index (χ2n) is 6.70. The van der Waals surface area contributed by atoms with E-state index in [1.54, 1.807) is 6.08 Å². The van der Waals surface area contributed by atoms with Crippen LogP contribution in [0.15, 0.2) is 24.3 Å². The van der Waals surface area contributed by atoms with Gasteiger partial charge in [0.05, 0.1) is 17.1 Å². The third-order valence-electron chi connectivity index (χ3n) is 4.72. The smallest absolute Gasteiger partial charge is 0.248 e. The second kappa shape index (κ2) is 7.26. The number of aromatic nitrogens is 2. The van der Waals surface area contributed by atoms with Crippen molar-refractivity contribution >= 4 is 23.6 Å². The van der Waals surface area contributed by atoms with E-state index < -0.39 is 0 Å². The van der Waals surface area contributed by atoms with Gasteiger partial charge < -0.3 is 19.7 Å². The van der Waals surface area contributed by atoms with Crippen LogP contribution in [0, 0.1) is 13.8 Å². The van der Waals surface area contributed by atoms with Crippen molar-refractivity contribution in [3.05, 3.63) is 41.2 Å². The van der Waals surface area contributed by atoms with Crippen molar-refractivity contribution < 1.29 is 14.3 Å². The monoisotopic (exact) mass is 366 g/mol. The van der Waals surface area contributed by atoms with E-state index >= 15 is 0 Å². The molecule has 2 aliphatic rings. The summed E-state index contributed by atoms with van der Waals surface area (Å²) in [4.78, 5) is 23.7. The molecule has 0 atom stereocenters. The van der Waals surface area contributed by atoms with Gasteiger partial charge in [0, 0.05) is 19.2 Å². The number of hydrogen-bond donors (Lipinski definition) is 1. The van der Waals surface area contributed by atoms with Crippen molar-refractivity contribution in [1.29, 1.82) is 0 Å². The van der Waals surface area contributed by atoms with Crippen LogP contribution < -0.4 is 19.7 Å². The molecular weight excluding hydrogens is 344 g/mol. The summed E-state index contributed by atoms with van der Waals surface area (Å²) in [6.45, 7) is 6.00. The maximum atomic E-state index is 12.3. The van der Waals surface area contributed by atoms with Crippen LogP contribution in [-0.2, 0) is 4.79 Å². The Hall–Kier alpha value is -3.09. The Morgan fingerprint density at radius 2 is 1.81 bits per heavy atom. The number of carbonyl (C=O) groups excluding carboxylic acids is 1. The van der Waals surface area contributed by atoms with E-state index in [9.17, 15) is 4.79 Å². The third kappa shape index (κ3) is 3.72. The minimum atomic E-state index is -0.226. The van der Waals surface area contributed by atoms with Crippen LogP contribution in [-0.4, -0.2) is 35.8 Å². The highest BCUT2D eigenvalue weighted by Gasteiger charge is 2.18. The minimum absolute atomic E-state index is 0.226. The molecular formula is C20H22N4O3. The van der Waals surface area contributed by atoms with E-state index in [4.69, 9.17) is 9.47 Å². The highest BCUT2D eigenvalue weighted by molar-refractivity contribution is 6.02. The van der Waals surface area contributed by atoms with E-state index in [-0.39, 0.29) is 12.7 Å². The van der Waals surface area contributed by atoms with Crippen LogP contribution >= 0.6 is 0 Å². The molecule has 4 rings (SSSR count). The van der Waals surface area contributed by atoms with E-state index in [2.05, 4.69) is 20.2 Å². The molecule has 7 nitrogen and oxygen atoms in total. The number of benzene rings is 1. The standard InChI is InChI=1S/C20H22N4O3/c1-13-19(14(2)22-20(21-13)24-9-3-4-10-24)23-18(25)8-6-15-5-7-16-17(11-15)27-12-26-16/h5-8,11H,3-4,9-10,12H2,1-2H3,(H,23,25)/b8-6+. The first-order chi connectivity index (χ1) is 13.1. The fraction of sp³-hybridized carbons (Fsp3) is 0.350. The molecule has 0 unspecified atom stereocenters.